The number of thiol groups is 1. The zero-order valence-electron chi connectivity index (χ0n) is 5.36. The first-order valence-electron chi connectivity index (χ1n) is 2.76. The maximum atomic E-state index is 12.7. The van der Waals surface area contributed by atoms with Crippen LogP contribution in [0.1, 0.15) is 5.56 Å². The summed E-state index contributed by atoms with van der Waals surface area (Å²) in [5.41, 5.74) is 0.826. The van der Waals surface area contributed by atoms with Gasteiger partial charge in [-0.15, -0.1) is 12.6 Å². The summed E-state index contributed by atoms with van der Waals surface area (Å²) >= 11 is 9.46. The molecule has 1 aromatic carbocycles. The predicted octanol–water partition coefficient (Wildman–Crippen LogP) is 3.08. The molecule has 0 aromatic heterocycles. The molecule has 0 fully saturated rings. The van der Waals surface area contributed by atoms with E-state index in [0.29, 0.717) is 4.90 Å². The lowest BCUT2D eigenvalue weighted by Crippen LogP contribution is -1.80. The molecule has 1 aromatic rings. The topological polar surface area (TPSA) is 0 Å². The molecule has 0 atom stereocenters. The zero-order chi connectivity index (χ0) is 7.72. The van der Waals surface area contributed by atoms with Gasteiger partial charge in [-0.2, -0.15) is 0 Å². The fraction of sp³-hybridized carbons (Fsp3) is 0.143. The second-order valence-electron chi connectivity index (χ2n) is 2.08. The monoisotopic (exact) mass is 176 g/mol. The number of aryl methyl sites for hydroxylation is 1. The molecule has 0 radical (unpaired) electrons. The van der Waals surface area contributed by atoms with E-state index in [1.807, 2.05) is 0 Å². The molecule has 3 heteroatoms. The van der Waals surface area contributed by atoms with E-state index in [1.54, 1.807) is 13.0 Å². The van der Waals surface area contributed by atoms with Crippen LogP contribution in [-0.2, 0) is 0 Å². The average molecular weight is 177 g/mol. The van der Waals surface area contributed by atoms with Crippen LogP contribution in [0, 0.1) is 12.7 Å². The fourth-order valence-corrected chi connectivity index (χ4v) is 1.13. The van der Waals surface area contributed by atoms with Crippen molar-refractivity contribution in [3.8, 4) is 0 Å². The van der Waals surface area contributed by atoms with E-state index in [0.717, 1.165) is 5.56 Å². The van der Waals surface area contributed by atoms with Gasteiger partial charge in [0.2, 0.25) is 0 Å². The highest BCUT2D eigenvalue weighted by Gasteiger charge is 2.02. The molecule has 0 aliphatic carbocycles. The molecule has 10 heavy (non-hydrogen) atoms. The standard InChI is InChI=1S/C7H6ClFS/c1-4-2-5(9)7(8)6(10)3-4/h2-3,10H,1H3. The van der Waals surface area contributed by atoms with E-state index in [1.165, 1.54) is 6.07 Å². The summed E-state index contributed by atoms with van der Waals surface area (Å²) in [5, 5.41) is 0.0916. The van der Waals surface area contributed by atoms with Gasteiger partial charge < -0.3 is 0 Å². The smallest absolute Gasteiger partial charge is 0.143 e. The summed E-state index contributed by atoms with van der Waals surface area (Å²) in [5.74, 6) is -0.410. The second-order valence-corrected chi connectivity index (χ2v) is 2.94. The molecule has 0 amide bonds. The van der Waals surface area contributed by atoms with Crippen LogP contribution >= 0.6 is 24.2 Å². The van der Waals surface area contributed by atoms with E-state index < -0.39 is 5.82 Å². The van der Waals surface area contributed by atoms with Gasteiger partial charge in [-0.1, -0.05) is 11.6 Å². The van der Waals surface area contributed by atoms with Crippen molar-refractivity contribution in [1.82, 2.24) is 0 Å². The van der Waals surface area contributed by atoms with Gasteiger partial charge in [0.25, 0.3) is 0 Å². The Morgan fingerprint density at radius 1 is 1.50 bits per heavy atom. The Bertz CT molecular complexity index is 237. The van der Waals surface area contributed by atoms with Crippen molar-refractivity contribution < 1.29 is 4.39 Å². The lowest BCUT2D eigenvalue weighted by Gasteiger charge is -1.98. The van der Waals surface area contributed by atoms with Crippen LogP contribution < -0.4 is 0 Å². The molecule has 0 N–H and O–H groups in total. The lowest BCUT2D eigenvalue weighted by molar-refractivity contribution is 0.623. The second kappa shape index (κ2) is 2.81. The normalized spacial score (nSPS) is 10.0. The number of hydrogen-bond donors (Lipinski definition) is 1. The van der Waals surface area contributed by atoms with Gasteiger partial charge in [0.05, 0.1) is 5.02 Å². The molecule has 0 heterocycles. The van der Waals surface area contributed by atoms with Crippen molar-refractivity contribution in [2.45, 2.75) is 11.8 Å². The summed E-state index contributed by atoms with van der Waals surface area (Å²) in [6, 6.07) is 3.09. The van der Waals surface area contributed by atoms with Gasteiger partial charge in [0, 0.05) is 4.90 Å². The number of halogens is 2. The minimum absolute atomic E-state index is 0.0916. The van der Waals surface area contributed by atoms with E-state index >= 15 is 0 Å². The zero-order valence-corrected chi connectivity index (χ0v) is 7.01. The van der Waals surface area contributed by atoms with Crippen LogP contribution in [-0.4, -0.2) is 0 Å². The molecule has 0 nitrogen and oxygen atoms in total. The Morgan fingerprint density at radius 2 is 2.10 bits per heavy atom. The van der Waals surface area contributed by atoms with Crippen molar-refractivity contribution in [1.29, 1.82) is 0 Å². The molecular weight excluding hydrogens is 171 g/mol. The van der Waals surface area contributed by atoms with Crippen LogP contribution in [0.2, 0.25) is 5.02 Å². The lowest BCUT2D eigenvalue weighted by atomic mass is 10.2. The summed E-state index contributed by atoms with van der Waals surface area (Å²) < 4.78 is 12.7. The molecule has 0 saturated heterocycles. The van der Waals surface area contributed by atoms with Gasteiger partial charge in [0.1, 0.15) is 5.82 Å². The SMILES string of the molecule is Cc1cc(F)c(Cl)c(S)c1. The molecule has 1 rings (SSSR count). The Labute approximate surface area is 69.4 Å². The highest BCUT2D eigenvalue weighted by atomic mass is 35.5. The van der Waals surface area contributed by atoms with Gasteiger partial charge in [0.15, 0.2) is 0 Å². The highest BCUT2D eigenvalue weighted by Crippen LogP contribution is 2.24. The molecule has 0 aliphatic rings. The maximum absolute atomic E-state index is 12.7. The van der Waals surface area contributed by atoms with E-state index in [2.05, 4.69) is 12.6 Å². The molecule has 54 valence electrons. The summed E-state index contributed by atoms with van der Waals surface area (Å²) in [4.78, 5) is 0.485. The van der Waals surface area contributed by atoms with Crippen molar-refractivity contribution in [2.75, 3.05) is 0 Å². The average Bonchev–Trinajstić information content (AvgIpc) is 1.82. The van der Waals surface area contributed by atoms with E-state index in [9.17, 15) is 4.39 Å². The summed E-state index contributed by atoms with van der Waals surface area (Å²) in [7, 11) is 0. The van der Waals surface area contributed by atoms with Gasteiger partial charge in [-0.25, -0.2) is 4.39 Å². The molecule has 0 unspecified atom stereocenters. The maximum Gasteiger partial charge on any atom is 0.143 e. The Hall–Kier alpha value is -0.210. The number of benzene rings is 1. The number of hydrogen-bond acceptors (Lipinski definition) is 1. The van der Waals surface area contributed by atoms with Crippen LogP contribution in [0.4, 0.5) is 4.39 Å². The van der Waals surface area contributed by atoms with Crippen molar-refractivity contribution >= 4 is 24.2 Å². The first-order chi connectivity index (χ1) is 4.61. The van der Waals surface area contributed by atoms with Crippen LogP contribution in [0.3, 0.4) is 0 Å². The predicted molar refractivity (Wildman–Crippen MR) is 43.4 cm³/mol. The van der Waals surface area contributed by atoms with Gasteiger partial charge in [-0.3, -0.25) is 0 Å². The molecule has 0 aliphatic heterocycles. The summed E-state index contributed by atoms with van der Waals surface area (Å²) in [6.45, 7) is 1.79. The van der Waals surface area contributed by atoms with E-state index in [4.69, 9.17) is 11.6 Å². The first-order valence-corrected chi connectivity index (χ1v) is 3.58. The fourth-order valence-electron chi connectivity index (χ4n) is 0.706. The molecule has 0 spiro atoms. The Morgan fingerprint density at radius 3 is 2.60 bits per heavy atom. The molecular formula is C7H6ClFS. The Balaban J connectivity index is 3.31. The third-order valence-electron chi connectivity index (χ3n) is 1.15. The first kappa shape index (κ1) is 7.89. The molecule has 0 bridgehead atoms. The van der Waals surface area contributed by atoms with Crippen LogP contribution in [0.15, 0.2) is 17.0 Å². The van der Waals surface area contributed by atoms with Crippen molar-refractivity contribution in [3.63, 3.8) is 0 Å². The van der Waals surface area contributed by atoms with E-state index in [-0.39, 0.29) is 5.02 Å². The highest BCUT2D eigenvalue weighted by molar-refractivity contribution is 7.80. The molecule has 0 saturated carbocycles. The quantitative estimate of drug-likeness (QED) is 0.577. The third kappa shape index (κ3) is 1.44. The summed E-state index contributed by atoms with van der Waals surface area (Å²) in [6.07, 6.45) is 0. The minimum Gasteiger partial charge on any atom is -0.205 e. The van der Waals surface area contributed by atoms with Crippen LogP contribution in [0.25, 0.3) is 0 Å². The van der Waals surface area contributed by atoms with Gasteiger partial charge in [-0.05, 0) is 24.6 Å². The largest absolute Gasteiger partial charge is 0.205 e. The number of rotatable bonds is 0. The van der Waals surface area contributed by atoms with Crippen molar-refractivity contribution in [2.24, 2.45) is 0 Å². The Kier molecular flexibility index (Phi) is 2.21. The minimum atomic E-state index is -0.410. The van der Waals surface area contributed by atoms with Crippen molar-refractivity contribution in [3.05, 3.63) is 28.5 Å². The van der Waals surface area contributed by atoms with Crippen LogP contribution in [0.5, 0.6) is 0 Å². The van der Waals surface area contributed by atoms with Gasteiger partial charge >= 0.3 is 0 Å². The third-order valence-corrected chi connectivity index (χ3v) is 2.02.